The summed E-state index contributed by atoms with van der Waals surface area (Å²) >= 11 is 0. The number of amides is 1. The highest BCUT2D eigenvalue weighted by Crippen LogP contribution is 2.13. The standard InChI is InChI=1S/C14H12F2N2O3S/c1-9-4-2-3-5-11(9)14(19)17-18-22(20,21)10-6-7-12(15)13(16)8-10/h2-8,18H,1H3,(H,17,19). The number of hydrogen-bond acceptors (Lipinski definition) is 3. The van der Waals surface area contributed by atoms with Gasteiger partial charge in [0.1, 0.15) is 0 Å². The van der Waals surface area contributed by atoms with Crippen LogP contribution in [0.3, 0.4) is 0 Å². The molecule has 0 fully saturated rings. The molecule has 116 valence electrons. The maximum atomic E-state index is 13.1. The number of hydrazine groups is 1. The van der Waals surface area contributed by atoms with Crippen molar-refractivity contribution in [2.75, 3.05) is 0 Å². The number of rotatable bonds is 4. The lowest BCUT2D eigenvalue weighted by Crippen LogP contribution is -2.41. The average Bonchev–Trinajstić information content (AvgIpc) is 2.48. The summed E-state index contributed by atoms with van der Waals surface area (Å²) in [4.78, 5) is 13.2. The molecule has 0 spiro atoms. The predicted octanol–water partition coefficient (Wildman–Crippen LogP) is 1.90. The minimum Gasteiger partial charge on any atom is -0.273 e. The van der Waals surface area contributed by atoms with Gasteiger partial charge in [0.25, 0.3) is 15.9 Å². The molecule has 0 heterocycles. The van der Waals surface area contributed by atoms with Gasteiger partial charge in [0, 0.05) is 5.56 Å². The van der Waals surface area contributed by atoms with E-state index in [1.165, 1.54) is 6.07 Å². The molecule has 2 aromatic rings. The van der Waals surface area contributed by atoms with Gasteiger partial charge in [-0.25, -0.2) is 17.2 Å². The highest BCUT2D eigenvalue weighted by molar-refractivity contribution is 7.89. The SMILES string of the molecule is Cc1ccccc1C(=O)NNS(=O)(=O)c1ccc(F)c(F)c1. The summed E-state index contributed by atoms with van der Waals surface area (Å²) in [5, 5.41) is 0. The van der Waals surface area contributed by atoms with E-state index in [9.17, 15) is 22.0 Å². The Morgan fingerprint density at radius 3 is 2.36 bits per heavy atom. The van der Waals surface area contributed by atoms with Crippen molar-refractivity contribution >= 4 is 15.9 Å². The van der Waals surface area contributed by atoms with E-state index in [1.807, 2.05) is 10.3 Å². The van der Waals surface area contributed by atoms with Crippen LogP contribution >= 0.6 is 0 Å². The molecule has 22 heavy (non-hydrogen) atoms. The maximum absolute atomic E-state index is 13.1. The second kappa shape index (κ2) is 6.20. The quantitative estimate of drug-likeness (QED) is 0.843. The van der Waals surface area contributed by atoms with Gasteiger partial charge in [0.05, 0.1) is 4.90 Å². The van der Waals surface area contributed by atoms with Crippen LogP contribution in [0.4, 0.5) is 8.78 Å². The lowest BCUT2D eigenvalue weighted by molar-refractivity contribution is 0.0944. The molecule has 0 atom stereocenters. The van der Waals surface area contributed by atoms with Crippen molar-refractivity contribution in [1.29, 1.82) is 0 Å². The Hall–Kier alpha value is -2.32. The minimum atomic E-state index is -4.20. The first-order valence-electron chi connectivity index (χ1n) is 6.14. The first kappa shape index (κ1) is 16.1. The van der Waals surface area contributed by atoms with Gasteiger partial charge >= 0.3 is 0 Å². The highest BCUT2D eigenvalue weighted by Gasteiger charge is 2.18. The largest absolute Gasteiger partial charge is 0.273 e. The van der Waals surface area contributed by atoms with Gasteiger partial charge < -0.3 is 0 Å². The molecule has 1 amide bonds. The first-order valence-corrected chi connectivity index (χ1v) is 7.62. The summed E-state index contributed by atoms with van der Waals surface area (Å²) in [6, 6.07) is 8.68. The summed E-state index contributed by atoms with van der Waals surface area (Å²) < 4.78 is 49.7. The molecule has 2 N–H and O–H groups in total. The number of halogens is 2. The van der Waals surface area contributed by atoms with Crippen molar-refractivity contribution in [1.82, 2.24) is 10.3 Å². The van der Waals surface area contributed by atoms with E-state index < -0.39 is 32.5 Å². The van der Waals surface area contributed by atoms with E-state index >= 15 is 0 Å². The number of sulfonamides is 1. The molecular formula is C14H12F2N2O3S. The van der Waals surface area contributed by atoms with Gasteiger partial charge in [0.2, 0.25) is 0 Å². The van der Waals surface area contributed by atoms with Gasteiger partial charge in [-0.2, -0.15) is 0 Å². The van der Waals surface area contributed by atoms with Crippen molar-refractivity contribution in [2.24, 2.45) is 0 Å². The van der Waals surface area contributed by atoms with E-state index in [-0.39, 0.29) is 5.56 Å². The fourth-order valence-corrected chi connectivity index (χ4v) is 2.56. The molecule has 0 saturated carbocycles. The number of hydrogen-bond donors (Lipinski definition) is 2. The zero-order chi connectivity index (χ0) is 16.3. The van der Waals surface area contributed by atoms with Crippen LogP contribution in [0.15, 0.2) is 47.4 Å². The topological polar surface area (TPSA) is 75.3 Å². The first-order chi connectivity index (χ1) is 10.3. The molecular weight excluding hydrogens is 314 g/mol. The number of carbonyl (C=O) groups excluding carboxylic acids is 1. The molecule has 0 aliphatic carbocycles. The molecule has 0 saturated heterocycles. The van der Waals surface area contributed by atoms with Crippen molar-refractivity contribution in [3.63, 3.8) is 0 Å². The molecule has 0 aliphatic rings. The predicted molar refractivity (Wildman–Crippen MR) is 75.3 cm³/mol. The Balaban J connectivity index is 2.14. The Kier molecular flexibility index (Phi) is 4.53. The molecule has 0 unspecified atom stereocenters. The van der Waals surface area contributed by atoms with Crippen molar-refractivity contribution in [2.45, 2.75) is 11.8 Å². The number of nitrogens with one attached hydrogen (secondary N) is 2. The molecule has 5 nitrogen and oxygen atoms in total. The molecule has 0 radical (unpaired) electrons. The number of carbonyl (C=O) groups is 1. The van der Waals surface area contributed by atoms with Gasteiger partial charge in [0.15, 0.2) is 11.6 Å². The molecule has 0 aromatic heterocycles. The number of aryl methyl sites for hydroxylation is 1. The molecule has 2 aromatic carbocycles. The second-order valence-electron chi connectivity index (χ2n) is 4.45. The second-order valence-corrected chi connectivity index (χ2v) is 6.13. The lowest BCUT2D eigenvalue weighted by Gasteiger charge is -2.10. The van der Waals surface area contributed by atoms with Crippen LogP contribution in [-0.2, 0) is 10.0 Å². The van der Waals surface area contributed by atoms with E-state index in [0.29, 0.717) is 17.7 Å². The summed E-state index contributed by atoms with van der Waals surface area (Å²) in [6.07, 6.45) is 0. The normalized spacial score (nSPS) is 11.2. The van der Waals surface area contributed by atoms with Crippen molar-refractivity contribution in [3.05, 3.63) is 65.2 Å². The Bertz CT molecular complexity index is 823. The van der Waals surface area contributed by atoms with Crippen molar-refractivity contribution < 1.29 is 22.0 Å². The Labute approximate surface area is 126 Å². The molecule has 2 rings (SSSR count). The van der Waals surface area contributed by atoms with Gasteiger partial charge in [-0.05, 0) is 36.8 Å². The third-order valence-corrected chi connectivity index (χ3v) is 4.14. The van der Waals surface area contributed by atoms with Crippen LogP contribution in [0.1, 0.15) is 15.9 Å². The Morgan fingerprint density at radius 1 is 1.05 bits per heavy atom. The molecule has 0 aliphatic heterocycles. The zero-order valence-electron chi connectivity index (χ0n) is 11.4. The van der Waals surface area contributed by atoms with Crippen LogP contribution in [0.5, 0.6) is 0 Å². The van der Waals surface area contributed by atoms with Gasteiger partial charge in [-0.3, -0.25) is 10.2 Å². The molecule has 8 heteroatoms. The zero-order valence-corrected chi connectivity index (χ0v) is 12.2. The fourth-order valence-electron chi connectivity index (χ4n) is 1.71. The minimum absolute atomic E-state index is 0.287. The van der Waals surface area contributed by atoms with E-state index in [1.54, 1.807) is 25.1 Å². The Morgan fingerprint density at radius 2 is 1.73 bits per heavy atom. The summed E-state index contributed by atoms with van der Waals surface area (Å²) in [5.74, 6) is -3.12. The van der Waals surface area contributed by atoms with E-state index in [0.717, 1.165) is 6.07 Å². The van der Waals surface area contributed by atoms with Crippen LogP contribution in [0.25, 0.3) is 0 Å². The summed E-state index contributed by atoms with van der Waals surface area (Å²) in [5.41, 5.74) is 2.97. The highest BCUT2D eigenvalue weighted by atomic mass is 32.2. The van der Waals surface area contributed by atoms with Gasteiger partial charge in [-0.15, -0.1) is 4.83 Å². The summed E-state index contributed by atoms with van der Waals surface area (Å²) in [6.45, 7) is 1.69. The smallest absolute Gasteiger partial charge is 0.266 e. The average molecular weight is 326 g/mol. The lowest BCUT2D eigenvalue weighted by atomic mass is 10.1. The van der Waals surface area contributed by atoms with Crippen molar-refractivity contribution in [3.8, 4) is 0 Å². The third-order valence-electron chi connectivity index (χ3n) is 2.89. The molecule has 0 bridgehead atoms. The summed E-state index contributed by atoms with van der Waals surface area (Å²) in [7, 11) is -4.20. The fraction of sp³-hybridized carbons (Fsp3) is 0.0714. The van der Waals surface area contributed by atoms with Crippen LogP contribution < -0.4 is 10.3 Å². The number of benzene rings is 2. The van der Waals surface area contributed by atoms with Crippen LogP contribution in [-0.4, -0.2) is 14.3 Å². The maximum Gasteiger partial charge on any atom is 0.266 e. The third kappa shape index (κ3) is 3.46. The van der Waals surface area contributed by atoms with Crippen LogP contribution in [0, 0.1) is 18.6 Å². The van der Waals surface area contributed by atoms with E-state index in [4.69, 9.17) is 0 Å². The van der Waals surface area contributed by atoms with Gasteiger partial charge in [-0.1, -0.05) is 18.2 Å². The van der Waals surface area contributed by atoms with Crippen LogP contribution in [0.2, 0.25) is 0 Å². The van der Waals surface area contributed by atoms with E-state index in [2.05, 4.69) is 0 Å². The monoisotopic (exact) mass is 326 g/mol.